The Bertz CT molecular complexity index is 1200. The molecule has 0 radical (unpaired) electrons. The lowest BCUT2D eigenvalue weighted by Crippen LogP contribution is -2.19. The lowest BCUT2D eigenvalue weighted by atomic mass is 10.2. The fourth-order valence-corrected chi connectivity index (χ4v) is 2.95. The normalized spacial score (nSPS) is 11.6. The van der Waals surface area contributed by atoms with Crippen molar-refractivity contribution < 1.29 is 23.7 Å². The third kappa shape index (κ3) is 6.16. The Balaban J connectivity index is 1.85. The van der Waals surface area contributed by atoms with Gasteiger partial charge in [0.1, 0.15) is 23.7 Å². The van der Waals surface area contributed by atoms with E-state index in [4.69, 9.17) is 35.2 Å². The SMILES string of the molecule is COc1cc(OC)cc(/C(N)=N/C(N)=N\c2ncnc(Nc3cc(OC)c(OC)c(OC)c3)n2)c1. The largest absolute Gasteiger partial charge is 0.497 e. The van der Waals surface area contributed by atoms with E-state index >= 15 is 0 Å². The molecular formula is C22H26N8O5. The number of anilines is 2. The van der Waals surface area contributed by atoms with E-state index in [0.29, 0.717) is 40.0 Å². The van der Waals surface area contributed by atoms with E-state index in [0.717, 1.165) is 0 Å². The van der Waals surface area contributed by atoms with Crippen molar-refractivity contribution in [3.8, 4) is 28.7 Å². The first-order valence-electron chi connectivity index (χ1n) is 10.1. The topological polar surface area (TPSA) is 174 Å². The van der Waals surface area contributed by atoms with Crippen molar-refractivity contribution in [2.75, 3.05) is 40.9 Å². The van der Waals surface area contributed by atoms with Crippen LogP contribution >= 0.6 is 0 Å². The average Bonchev–Trinajstić information content (AvgIpc) is 2.87. The first-order valence-corrected chi connectivity index (χ1v) is 10.1. The molecule has 0 aliphatic rings. The van der Waals surface area contributed by atoms with Crippen molar-refractivity contribution in [1.82, 2.24) is 15.0 Å². The third-order valence-electron chi connectivity index (χ3n) is 4.58. The molecule has 2 aromatic carbocycles. The van der Waals surface area contributed by atoms with Gasteiger partial charge in [-0.15, -0.1) is 0 Å². The fourth-order valence-electron chi connectivity index (χ4n) is 2.95. The van der Waals surface area contributed by atoms with Crippen molar-refractivity contribution in [2.45, 2.75) is 0 Å². The molecule has 0 fully saturated rings. The molecule has 5 N–H and O–H groups in total. The molecule has 35 heavy (non-hydrogen) atoms. The number of aromatic nitrogens is 3. The van der Waals surface area contributed by atoms with Crippen molar-refractivity contribution in [1.29, 1.82) is 0 Å². The summed E-state index contributed by atoms with van der Waals surface area (Å²) in [5.74, 6) is 2.65. The average molecular weight is 483 g/mol. The van der Waals surface area contributed by atoms with Gasteiger partial charge in [-0.3, -0.25) is 0 Å². The number of nitrogens with one attached hydrogen (secondary N) is 1. The molecule has 0 saturated heterocycles. The van der Waals surface area contributed by atoms with Crippen LogP contribution in [-0.4, -0.2) is 62.3 Å². The summed E-state index contributed by atoms with van der Waals surface area (Å²) >= 11 is 0. The van der Waals surface area contributed by atoms with Crippen molar-refractivity contribution in [3.63, 3.8) is 0 Å². The summed E-state index contributed by atoms with van der Waals surface area (Å²) < 4.78 is 26.5. The summed E-state index contributed by atoms with van der Waals surface area (Å²) in [6.07, 6.45) is 1.28. The lowest BCUT2D eigenvalue weighted by Gasteiger charge is -2.14. The van der Waals surface area contributed by atoms with Crippen LogP contribution < -0.4 is 40.5 Å². The molecule has 1 heterocycles. The van der Waals surface area contributed by atoms with Gasteiger partial charge >= 0.3 is 0 Å². The highest BCUT2D eigenvalue weighted by atomic mass is 16.5. The molecule has 13 nitrogen and oxygen atoms in total. The number of guanidine groups is 1. The van der Waals surface area contributed by atoms with Crippen LogP contribution in [0.25, 0.3) is 0 Å². The van der Waals surface area contributed by atoms with E-state index in [1.54, 1.807) is 30.3 Å². The predicted octanol–water partition coefficient (Wildman–Crippen LogP) is 2.01. The number of ether oxygens (including phenoxy) is 5. The Labute approximate surface area is 201 Å². The second kappa shape index (κ2) is 11.4. The number of rotatable bonds is 9. The molecule has 3 rings (SSSR count). The number of hydrogen-bond acceptors (Lipinski definition) is 10. The Kier molecular flexibility index (Phi) is 8.06. The molecule has 1 aromatic heterocycles. The molecule has 184 valence electrons. The number of benzene rings is 2. The quantitative estimate of drug-likeness (QED) is 0.300. The maximum atomic E-state index is 6.09. The summed E-state index contributed by atoms with van der Waals surface area (Å²) in [6, 6.07) is 8.50. The molecule has 3 aromatic rings. The zero-order valence-corrected chi connectivity index (χ0v) is 19.9. The van der Waals surface area contributed by atoms with E-state index in [1.807, 2.05) is 0 Å². The third-order valence-corrected chi connectivity index (χ3v) is 4.58. The van der Waals surface area contributed by atoms with Gasteiger partial charge in [-0.25, -0.2) is 4.98 Å². The smallest absolute Gasteiger partial charge is 0.257 e. The number of aliphatic imine (C=N–C) groups is 2. The van der Waals surface area contributed by atoms with Crippen LogP contribution in [0.5, 0.6) is 28.7 Å². The minimum Gasteiger partial charge on any atom is -0.497 e. The summed E-state index contributed by atoms with van der Waals surface area (Å²) in [4.78, 5) is 20.5. The van der Waals surface area contributed by atoms with Gasteiger partial charge in [0.2, 0.25) is 17.7 Å². The Morgan fingerprint density at radius 3 is 1.97 bits per heavy atom. The van der Waals surface area contributed by atoms with E-state index in [9.17, 15) is 0 Å². The first kappa shape index (κ1) is 24.8. The second-order valence-electron chi connectivity index (χ2n) is 6.72. The number of nitrogens with zero attached hydrogens (tertiary/aromatic N) is 5. The highest BCUT2D eigenvalue weighted by Crippen LogP contribution is 2.40. The number of nitrogens with two attached hydrogens (primary N) is 2. The van der Waals surface area contributed by atoms with Gasteiger partial charge in [0.25, 0.3) is 5.95 Å². The van der Waals surface area contributed by atoms with Crippen molar-refractivity contribution in [2.24, 2.45) is 21.5 Å². The minimum atomic E-state index is -0.158. The van der Waals surface area contributed by atoms with Crippen LogP contribution in [0.2, 0.25) is 0 Å². The van der Waals surface area contributed by atoms with E-state index in [-0.39, 0.29) is 23.7 Å². The summed E-state index contributed by atoms with van der Waals surface area (Å²) in [5.41, 5.74) is 13.2. The molecule has 0 spiro atoms. The van der Waals surface area contributed by atoms with Crippen LogP contribution in [0.15, 0.2) is 46.6 Å². The maximum absolute atomic E-state index is 6.09. The van der Waals surface area contributed by atoms with E-state index < -0.39 is 0 Å². The fraction of sp³-hybridized carbons (Fsp3) is 0.227. The predicted molar refractivity (Wildman–Crippen MR) is 131 cm³/mol. The van der Waals surface area contributed by atoms with Crippen molar-refractivity contribution in [3.05, 3.63) is 42.2 Å². The molecule has 0 aliphatic heterocycles. The van der Waals surface area contributed by atoms with Crippen LogP contribution in [0.4, 0.5) is 17.6 Å². The molecule has 0 aliphatic carbocycles. The summed E-state index contributed by atoms with van der Waals surface area (Å²) in [5, 5.41) is 3.03. The van der Waals surface area contributed by atoms with Crippen LogP contribution in [0.1, 0.15) is 5.56 Å². The molecule has 0 saturated carbocycles. The van der Waals surface area contributed by atoms with E-state index in [2.05, 4.69) is 30.3 Å². The van der Waals surface area contributed by atoms with Crippen LogP contribution in [0.3, 0.4) is 0 Å². The number of methoxy groups -OCH3 is 5. The van der Waals surface area contributed by atoms with Gasteiger partial charge in [-0.05, 0) is 12.1 Å². The Morgan fingerprint density at radius 1 is 0.800 bits per heavy atom. The standard InChI is InChI=1S/C22H26N8O5/c1-31-14-6-12(7-15(10-14)32-2)19(23)28-20(24)29-22-26-11-25-21(30-22)27-13-8-16(33-3)18(35-5)17(9-13)34-4/h6-11H,1-5H3,(H5,23,24,25,26,27,28,29,30). The van der Waals surface area contributed by atoms with Gasteiger partial charge < -0.3 is 40.5 Å². The van der Waals surface area contributed by atoms with Gasteiger partial charge in [0.05, 0.1) is 35.5 Å². The number of amidine groups is 1. The first-order chi connectivity index (χ1) is 16.9. The molecule has 13 heteroatoms. The van der Waals surface area contributed by atoms with Crippen LogP contribution in [-0.2, 0) is 0 Å². The zero-order valence-electron chi connectivity index (χ0n) is 19.9. The van der Waals surface area contributed by atoms with Gasteiger partial charge in [-0.2, -0.15) is 20.0 Å². The van der Waals surface area contributed by atoms with Crippen LogP contribution in [0, 0.1) is 0 Å². The molecule has 0 bridgehead atoms. The maximum Gasteiger partial charge on any atom is 0.257 e. The lowest BCUT2D eigenvalue weighted by molar-refractivity contribution is 0.324. The van der Waals surface area contributed by atoms with Gasteiger partial charge in [0.15, 0.2) is 11.5 Å². The molecule has 0 unspecified atom stereocenters. The molecule has 0 atom stereocenters. The summed E-state index contributed by atoms with van der Waals surface area (Å²) in [6.45, 7) is 0. The minimum absolute atomic E-state index is 0.0206. The summed E-state index contributed by atoms with van der Waals surface area (Å²) in [7, 11) is 7.63. The number of hydrogen-bond donors (Lipinski definition) is 3. The highest BCUT2D eigenvalue weighted by molar-refractivity contribution is 6.05. The Morgan fingerprint density at radius 2 is 1.43 bits per heavy atom. The monoisotopic (exact) mass is 482 g/mol. The second-order valence-corrected chi connectivity index (χ2v) is 6.72. The van der Waals surface area contributed by atoms with Crippen molar-refractivity contribution >= 4 is 29.4 Å². The highest BCUT2D eigenvalue weighted by Gasteiger charge is 2.14. The van der Waals surface area contributed by atoms with E-state index in [1.165, 1.54) is 41.9 Å². The van der Waals surface area contributed by atoms with Gasteiger partial charge in [0, 0.05) is 29.4 Å². The molecule has 0 amide bonds. The Hall–Kier alpha value is -4.81. The molecular weight excluding hydrogens is 456 g/mol. The zero-order chi connectivity index (χ0) is 25.4. The van der Waals surface area contributed by atoms with Gasteiger partial charge in [-0.1, -0.05) is 0 Å².